The smallest absolute Gasteiger partial charge is 0.410 e. The number of benzene rings is 1. The molecular formula is C25H28F2N6O4. The van der Waals surface area contributed by atoms with E-state index in [4.69, 9.17) is 15.3 Å². The molecule has 196 valence electrons. The maximum Gasteiger partial charge on any atom is 0.410 e. The van der Waals surface area contributed by atoms with Crippen molar-refractivity contribution in [1.29, 1.82) is 5.26 Å². The summed E-state index contributed by atoms with van der Waals surface area (Å²) in [5.41, 5.74) is -1.27. The Bertz CT molecular complexity index is 1330. The van der Waals surface area contributed by atoms with Crippen LogP contribution in [0.1, 0.15) is 33.5 Å². The van der Waals surface area contributed by atoms with Crippen LogP contribution in [0.5, 0.6) is 5.75 Å². The summed E-state index contributed by atoms with van der Waals surface area (Å²) in [6.45, 7) is 10.2. The van der Waals surface area contributed by atoms with E-state index in [1.807, 2.05) is 25.7 Å². The molecule has 1 N–H and O–H groups in total. The number of nitriles is 1. The van der Waals surface area contributed by atoms with Crippen LogP contribution >= 0.6 is 0 Å². The Balaban J connectivity index is 0.00000121. The number of fused-ring (bicyclic) bond motifs is 1. The van der Waals surface area contributed by atoms with Gasteiger partial charge in [0.15, 0.2) is 11.6 Å². The SMILES string of the molecule is CC#N.Cc1nc(N2CCN(C(=O)OC(C)(C)C)CC2)c2cnc(-c3c(F)cccc3OO)c(F)c2n1. The first-order valence-corrected chi connectivity index (χ1v) is 11.5. The second-order valence-electron chi connectivity index (χ2n) is 9.16. The number of anilines is 1. The molecule has 10 nitrogen and oxygen atoms in total. The van der Waals surface area contributed by atoms with E-state index in [1.165, 1.54) is 25.3 Å². The monoisotopic (exact) mass is 514 g/mol. The molecular weight excluding hydrogens is 486 g/mol. The number of ether oxygens (including phenoxy) is 1. The number of hydrogen-bond donors (Lipinski definition) is 1. The predicted octanol–water partition coefficient (Wildman–Crippen LogP) is 4.72. The van der Waals surface area contributed by atoms with E-state index >= 15 is 4.39 Å². The third-order valence-electron chi connectivity index (χ3n) is 5.32. The second kappa shape index (κ2) is 11.3. The van der Waals surface area contributed by atoms with Gasteiger partial charge in [0.1, 0.15) is 34.3 Å². The highest BCUT2D eigenvalue weighted by molar-refractivity contribution is 5.92. The molecule has 0 unspecified atom stereocenters. The molecule has 1 fully saturated rings. The van der Waals surface area contributed by atoms with E-state index in [9.17, 15) is 9.18 Å². The zero-order chi connectivity index (χ0) is 27.3. The predicted molar refractivity (Wildman–Crippen MR) is 132 cm³/mol. The molecule has 0 atom stereocenters. The molecule has 12 heteroatoms. The first kappa shape index (κ1) is 27.5. The van der Waals surface area contributed by atoms with Crippen molar-refractivity contribution >= 4 is 22.8 Å². The Kier molecular flexibility index (Phi) is 8.39. The average molecular weight is 515 g/mol. The van der Waals surface area contributed by atoms with E-state index in [0.29, 0.717) is 43.2 Å². The van der Waals surface area contributed by atoms with Crippen LogP contribution in [0.3, 0.4) is 0 Å². The van der Waals surface area contributed by atoms with Crippen molar-refractivity contribution in [3.63, 3.8) is 0 Å². The molecule has 37 heavy (non-hydrogen) atoms. The van der Waals surface area contributed by atoms with Crippen LogP contribution in [0.2, 0.25) is 0 Å². The molecule has 3 aromatic rings. The lowest BCUT2D eigenvalue weighted by molar-refractivity contribution is -0.137. The van der Waals surface area contributed by atoms with Gasteiger partial charge in [0.2, 0.25) is 0 Å². The minimum atomic E-state index is -0.861. The number of aryl methyl sites for hydroxylation is 1. The van der Waals surface area contributed by atoms with E-state index in [1.54, 1.807) is 17.9 Å². The van der Waals surface area contributed by atoms with Gasteiger partial charge in [0.05, 0.1) is 17.0 Å². The van der Waals surface area contributed by atoms with Crippen molar-refractivity contribution in [2.24, 2.45) is 0 Å². The van der Waals surface area contributed by atoms with Gasteiger partial charge in [0.25, 0.3) is 0 Å². The molecule has 0 saturated carbocycles. The third kappa shape index (κ3) is 6.18. The third-order valence-corrected chi connectivity index (χ3v) is 5.32. The number of pyridine rings is 1. The van der Waals surface area contributed by atoms with Crippen molar-refractivity contribution < 1.29 is 28.5 Å². The Hall–Kier alpha value is -4.11. The summed E-state index contributed by atoms with van der Waals surface area (Å²) < 4.78 is 35.5. The summed E-state index contributed by atoms with van der Waals surface area (Å²) in [5, 5.41) is 16.8. The van der Waals surface area contributed by atoms with E-state index < -0.39 is 17.2 Å². The highest BCUT2D eigenvalue weighted by atomic mass is 19.1. The van der Waals surface area contributed by atoms with Gasteiger partial charge >= 0.3 is 6.09 Å². The topological polar surface area (TPSA) is 125 Å². The Morgan fingerprint density at radius 1 is 1.16 bits per heavy atom. The maximum atomic E-state index is 15.6. The first-order valence-electron chi connectivity index (χ1n) is 11.5. The van der Waals surface area contributed by atoms with Crippen molar-refractivity contribution in [2.45, 2.75) is 40.2 Å². The van der Waals surface area contributed by atoms with Gasteiger partial charge in [-0.05, 0) is 39.8 Å². The second-order valence-corrected chi connectivity index (χ2v) is 9.16. The maximum absolute atomic E-state index is 15.6. The lowest BCUT2D eigenvalue weighted by Crippen LogP contribution is -2.50. The van der Waals surface area contributed by atoms with Gasteiger partial charge in [-0.15, -0.1) is 0 Å². The van der Waals surface area contributed by atoms with Gasteiger partial charge in [-0.1, -0.05) is 6.07 Å². The summed E-state index contributed by atoms with van der Waals surface area (Å²) in [7, 11) is 0. The van der Waals surface area contributed by atoms with Crippen LogP contribution in [0.25, 0.3) is 22.2 Å². The van der Waals surface area contributed by atoms with Crippen LogP contribution in [0, 0.1) is 29.9 Å². The zero-order valence-corrected chi connectivity index (χ0v) is 21.2. The summed E-state index contributed by atoms with van der Waals surface area (Å²) in [4.78, 5) is 32.9. The van der Waals surface area contributed by atoms with Crippen LogP contribution in [0.15, 0.2) is 24.4 Å². The molecule has 4 rings (SSSR count). The molecule has 0 spiro atoms. The minimum absolute atomic E-state index is 0.0331. The zero-order valence-electron chi connectivity index (χ0n) is 21.2. The molecule has 0 radical (unpaired) electrons. The Morgan fingerprint density at radius 3 is 2.41 bits per heavy atom. The standard InChI is InChI=1S/C23H25F2N5O4.C2H3N/c1-13-27-19-14(12-26-20(18(19)25)17-15(24)6-5-7-16(17)34-32)21(28-13)29-8-10-30(11-9-29)22(31)33-23(2,3)4;1-2-3/h5-7,12,32H,8-11H2,1-4H3;1H3. The van der Waals surface area contributed by atoms with Crippen LogP contribution < -0.4 is 9.79 Å². The number of halogens is 2. The lowest BCUT2D eigenvalue weighted by atomic mass is 10.1. The average Bonchev–Trinajstić information content (AvgIpc) is 2.84. The molecule has 1 aromatic carbocycles. The highest BCUT2D eigenvalue weighted by Crippen LogP contribution is 2.36. The number of carbonyl (C=O) groups is 1. The van der Waals surface area contributed by atoms with Crippen molar-refractivity contribution in [3.8, 4) is 23.1 Å². The van der Waals surface area contributed by atoms with Crippen LogP contribution in [-0.2, 0) is 4.74 Å². The number of aromatic nitrogens is 3. The van der Waals surface area contributed by atoms with E-state index in [2.05, 4.69) is 19.8 Å². The molecule has 0 bridgehead atoms. The fourth-order valence-corrected chi connectivity index (χ4v) is 3.80. The molecule has 2 aromatic heterocycles. The molecule has 1 saturated heterocycles. The van der Waals surface area contributed by atoms with E-state index in [0.717, 1.165) is 6.07 Å². The van der Waals surface area contributed by atoms with Gasteiger partial charge in [-0.3, -0.25) is 4.98 Å². The lowest BCUT2D eigenvalue weighted by Gasteiger charge is -2.36. The van der Waals surface area contributed by atoms with Gasteiger partial charge in [-0.2, -0.15) is 5.26 Å². The van der Waals surface area contributed by atoms with Crippen molar-refractivity contribution in [2.75, 3.05) is 31.1 Å². The molecule has 1 aliphatic heterocycles. The summed E-state index contributed by atoms with van der Waals surface area (Å²) in [6, 6.07) is 5.49. The first-order chi connectivity index (χ1) is 17.5. The van der Waals surface area contributed by atoms with Crippen LogP contribution in [0.4, 0.5) is 19.4 Å². The number of hydrogen-bond acceptors (Lipinski definition) is 9. The summed E-state index contributed by atoms with van der Waals surface area (Å²) in [6.07, 6.45) is 0.983. The fourth-order valence-electron chi connectivity index (χ4n) is 3.80. The quantitative estimate of drug-likeness (QED) is 0.390. The van der Waals surface area contributed by atoms with E-state index in [-0.39, 0.29) is 28.6 Å². The fraction of sp³-hybridized carbons (Fsp3) is 0.400. The summed E-state index contributed by atoms with van der Waals surface area (Å²) in [5.74, 6) is -1.15. The van der Waals surface area contributed by atoms with Gasteiger partial charge in [-0.25, -0.2) is 28.8 Å². The molecule has 3 heterocycles. The number of nitrogens with zero attached hydrogens (tertiary/aromatic N) is 6. The van der Waals surface area contributed by atoms with Crippen molar-refractivity contribution in [3.05, 3.63) is 41.9 Å². The van der Waals surface area contributed by atoms with Gasteiger partial charge in [0, 0.05) is 39.3 Å². The van der Waals surface area contributed by atoms with Gasteiger partial charge < -0.3 is 19.4 Å². The largest absolute Gasteiger partial charge is 0.444 e. The number of carbonyl (C=O) groups excluding carboxylic acids is 1. The molecule has 0 aliphatic carbocycles. The number of amides is 1. The van der Waals surface area contributed by atoms with Crippen LogP contribution in [-0.4, -0.2) is 63.0 Å². The summed E-state index contributed by atoms with van der Waals surface area (Å²) >= 11 is 0. The minimum Gasteiger partial charge on any atom is -0.444 e. The molecule has 1 amide bonds. The Labute approximate surface area is 213 Å². The Morgan fingerprint density at radius 2 is 1.81 bits per heavy atom. The molecule has 1 aliphatic rings. The number of rotatable bonds is 3. The number of piperazine rings is 1. The normalized spacial score (nSPS) is 13.5. The highest BCUT2D eigenvalue weighted by Gasteiger charge is 2.28. The van der Waals surface area contributed by atoms with Crippen molar-refractivity contribution in [1.82, 2.24) is 19.9 Å².